The van der Waals surface area contributed by atoms with Crippen LogP contribution >= 0.6 is 12.4 Å². The van der Waals surface area contributed by atoms with Crippen molar-refractivity contribution in [1.29, 1.82) is 0 Å². The zero-order chi connectivity index (χ0) is 18.7. The van der Waals surface area contributed by atoms with E-state index in [2.05, 4.69) is 10.6 Å². The zero-order valence-corrected chi connectivity index (χ0v) is 15.8. The Labute approximate surface area is 163 Å². The van der Waals surface area contributed by atoms with Gasteiger partial charge >= 0.3 is 0 Å². The second kappa shape index (κ2) is 9.03. The van der Waals surface area contributed by atoms with Crippen molar-refractivity contribution in [3.63, 3.8) is 0 Å². The van der Waals surface area contributed by atoms with E-state index in [1.165, 1.54) is 19.2 Å². The lowest BCUT2D eigenvalue weighted by atomic mass is 10.2. The maximum Gasteiger partial charge on any atom is 0.241 e. The van der Waals surface area contributed by atoms with Gasteiger partial charge in [0, 0.05) is 18.3 Å². The molecule has 2 unspecified atom stereocenters. The van der Waals surface area contributed by atoms with Crippen LogP contribution in [0.1, 0.15) is 12.0 Å². The summed E-state index contributed by atoms with van der Waals surface area (Å²) in [6.45, 7) is 2.29. The molecule has 0 saturated carbocycles. The minimum Gasteiger partial charge on any atom is -0.493 e. The molecule has 0 radical (unpaired) electrons. The molecule has 1 saturated heterocycles. The Morgan fingerprint density at radius 3 is 2.59 bits per heavy atom. The van der Waals surface area contributed by atoms with Crippen molar-refractivity contribution in [2.24, 2.45) is 0 Å². The summed E-state index contributed by atoms with van der Waals surface area (Å²) in [6.07, 6.45) is -0.203. The first-order valence-electron chi connectivity index (χ1n) is 8.30. The molecule has 2 atom stereocenters. The average molecular weight is 397 g/mol. The summed E-state index contributed by atoms with van der Waals surface area (Å²) in [7, 11) is 1.52. The summed E-state index contributed by atoms with van der Waals surface area (Å²) in [5, 5.41) is 15.0. The molecule has 1 fully saturated rings. The zero-order valence-electron chi connectivity index (χ0n) is 15.0. The quantitative estimate of drug-likeness (QED) is 0.724. The number of aliphatic hydroxyl groups is 1. The van der Waals surface area contributed by atoms with Gasteiger partial charge in [0.25, 0.3) is 0 Å². The van der Waals surface area contributed by atoms with Gasteiger partial charge in [-0.05, 0) is 43.2 Å². The number of hydrogen-bond donors (Lipinski definition) is 3. The molecule has 1 aliphatic rings. The van der Waals surface area contributed by atoms with E-state index in [0.717, 1.165) is 5.56 Å². The number of hydrogen-bond acceptors (Lipinski definition) is 5. The molecule has 3 N–H and O–H groups in total. The molecule has 0 spiro atoms. The van der Waals surface area contributed by atoms with E-state index in [1.807, 2.05) is 13.0 Å². The topological polar surface area (TPSA) is 79.8 Å². The van der Waals surface area contributed by atoms with Crippen molar-refractivity contribution in [3.05, 3.63) is 47.8 Å². The van der Waals surface area contributed by atoms with Gasteiger partial charge in [-0.3, -0.25) is 4.79 Å². The Hall–Kier alpha value is -2.35. The lowest BCUT2D eigenvalue weighted by Crippen LogP contribution is -2.35. The maximum absolute atomic E-state index is 14.4. The number of ether oxygens (including phenoxy) is 2. The summed E-state index contributed by atoms with van der Waals surface area (Å²) in [4.78, 5) is 12.1. The van der Waals surface area contributed by atoms with E-state index in [4.69, 9.17) is 9.47 Å². The predicted octanol–water partition coefficient (Wildman–Crippen LogP) is 3.02. The van der Waals surface area contributed by atoms with Crippen LogP contribution in [-0.2, 0) is 4.79 Å². The van der Waals surface area contributed by atoms with Crippen molar-refractivity contribution < 1.29 is 23.8 Å². The number of methoxy groups -OCH3 is 1. The van der Waals surface area contributed by atoms with Gasteiger partial charge in [-0.25, -0.2) is 4.39 Å². The fraction of sp³-hybridized carbons (Fsp3) is 0.316. The number of β-amino-alcohol motifs (C(OH)–C–C–N with tert-alkyl or cyclic N) is 1. The third-order valence-electron chi connectivity index (χ3n) is 4.16. The number of nitrogens with one attached hydrogen (secondary N) is 2. The molecule has 3 rings (SSSR count). The molecule has 0 bridgehead atoms. The van der Waals surface area contributed by atoms with Gasteiger partial charge < -0.3 is 25.2 Å². The van der Waals surface area contributed by atoms with Crippen molar-refractivity contribution >= 4 is 24.0 Å². The van der Waals surface area contributed by atoms with E-state index < -0.39 is 18.0 Å². The molecule has 2 aromatic rings. The lowest BCUT2D eigenvalue weighted by molar-refractivity contribution is -0.117. The molecule has 8 heteroatoms. The van der Waals surface area contributed by atoms with Gasteiger partial charge in [-0.2, -0.15) is 0 Å². The molecule has 0 aliphatic carbocycles. The molecule has 2 aromatic carbocycles. The van der Waals surface area contributed by atoms with Crippen LogP contribution in [0.2, 0.25) is 0 Å². The molecule has 1 aliphatic heterocycles. The minimum absolute atomic E-state index is 0. The highest BCUT2D eigenvalue weighted by Gasteiger charge is 2.28. The van der Waals surface area contributed by atoms with Crippen LogP contribution in [0, 0.1) is 12.7 Å². The Kier molecular flexibility index (Phi) is 7.01. The number of amides is 1. The summed E-state index contributed by atoms with van der Waals surface area (Å²) in [5.41, 5.74) is 1.32. The number of carbonyl (C=O) groups is 1. The van der Waals surface area contributed by atoms with Crippen molar-refractivity contribution in [1.82, 2.24) is 5.32 Å². The number of aryl methyl sites for hydroxylation is 1. The van der Waals surface area contributed by atoms with E-state index in [0.29, 0.717) is 30.2 Å². The number of carbonyl (C=O) groups excluding carboxylic acids is 1. The molecule has 6 nitrogen and oxygen atoms in total. The van der Waals surface area contributed by atoms with Crippen molar-refractivity contribution in [3.8, 4) is 17.2 Å². The Balaban J connectivity index is 0.00000261. The molecule has 1 amide bonds. The third-order valence-corrected chi connectivity index (χ3v) is 4.16. The van der Waals surface area contributed by atoms with Gasteiger partial charge in [0.1, 0.15) is 0 Å². The second-order valence-electron chi connectivity index (χ2n) is 6.24. The summed E-state index contributed by atoms with van der Waals surface area (Å²) in [5.74, 6) is 0.0183. The number of halogens is 2. The van der Waals surface area contributed by atoms with Gasteiger partial charge in [0.2, 0.25) is 5.91 Å². The van der Waals surface area contributed by atoms with Crippen molar-refractivity contribution in [2.75, 3.05) is 19.0 Å². The summed E-state index contributed by atoms with van der Waals surface area (Å²) in [6, 6.07) is 9.06. The van der Waals surface area contributed by atoms with Gasteiger partial charge in [-0.1, -0.05) is 6.07 Å². The van der Waals surface area contributed by atoms with E-state index in [-0.39, 0.29) is 24.1 Å². The van der Waals surface area contributed by atoms with Crippen LogP contribution in [0.4, 0.5) is 10.1 Å². The monoisotopic (exact) mass is 396 g/mol. The van der Waals surface area contributed by atoms with E-state index in [9.17, 15) is 14.3 Å². The fourth-order valence-electron chi connectivity index (χ4n) is 2.79. The van der Waals surface area contributed by atoms with Gasteiger partial charge in [-0.15, -0.1) is 12.4 Å². The highest BCUT2D eigenvalue weighted by atomic mass is 35.5. The third kappa shape index (κ3) is 5.09. The van der Waals surface area contributed by atoms with Gasteiger partial charge in [0.15, 0.2) is 23.1 Å². The standard InChI is InChI=1S/C19H21FN2O4.ClH/c1-11-3-5-17(18(7-11)25-2)26-16-6-4-12(8-14(16)20)22-19(24)15-9-13(23)10-21-15;/h3-8,13,15,21,23H,9-10H2,1-2H3,(H,22,24);1H. The number of rotatable bonds is 5. The maximum atomic E-state index is 14.4. The normalized spacial score (nSPS) is 18.5. The highest BCUT2D eigenvalue weighted by molar-refractivity contribution is 5.95. The Morgan fingerprint density at radius 2 is 1.96 bits per heavy atom. The first kappa shape index (κ1) is 21.0. The van der Waals surface area contributed by atoms with E-state index >= 15 is 0 Å². The molecular weight excluding hydrogens is 375 g/mol. The average Bonchev–Trinajstić information content (AvgIpc) is 3.05. The molecule has 0 aromatic heterocycles. The smallest absolute Gasteiger partial charge is 0.241 e. The van der Waals surface area contributed by atoms with Crippen LogP contribution in [0.3, 0.4) is 0 Å². The lowest BCUT2D eigenvalue weighted by Gasteiger charge is -2.14. The first-order valence-corrected chi connectivity index (χ1v) is 8.30. The van der Waals surface area contributed by atoms with Crippen LogP contribution in [-0.4, -0.2) is 36.8 Å². The fourth-order valence-corrected chi connectivity index (χ4v) is 2.79. The number of aliphatic hydroxyl groups excluding tert-OH is 1. The minimum atomic E-state index is -0.607. The largest absolute Gasteiger partial charge is 0.493 e. The van der Waals surface area contributed by atoms with Crippen LogP contribution < -0.4 is 20.1 Å². The van der Waals surface area contributed by atoms with E-state index in [1.54, 1.807) is 18.2 Å². The Morgan fingerprint density at radius 1 is 1.22 bits per heavy atom. The molecule has 146 valence electrons. The van der Waals surface area contributed by atoms with Crippen molar-refractivity contribution in [2.45, 2.75) is 25.5 Å². The second-order valence-corrected chi connectivity index (χ2v) is 6.24. The predicted molar refractivity (Wildman–Crippen MR) is 102 cm³/mol. The van der Waals surface area contributed by atoms with Gasteiger partial charge in [0.05, 0.1) is 19.3 Å². The highest BCUT2D eigenvalue weighted by Crippen LogP contribution is 2.34. The molecular formula is C19H22ClFN2O4. The molecule has 27 heavy (non-hydrogen) atoms. The van der Waals surface area contributed by atoms with Crippen LogP contribution in [0.5, 0.6) is 17.2 Å². The summed E-state index contributed by atoms with van der Waals surface area (Å²) < 4.78 is 25.2. The number of anilines is 1. The first-order chi connectivity index (χ1) is 12.5. The SMILES string of the molecule is COc1cc(C)ccc1Oc1ccc(NC(=O)C2CC(O)CN2)cc1F.Cl. The number of benzene rings is 2. The molecule has 1 heterocycles. The van der Waals surface area contributed by atoms with Crippen LogP contribution in [0.25, 0.3) is 0 Å². The Bertz CT molecular complexity index is 818. The van der Waals surface area contributed by atoms with Crippen LogP contribution in [0.15, 0.2) is 36.4 Å². The summed E-state index contributed by atoms with van der Waals surface area (Å²) >= 11 is 0.